The molecule has 0 amide bonds. The normalized spacial score (nSPS) is 13.2. The van der Waals surface area contributed by atoms with Crippen molar-refractivity contribution in [3.63, 3.8) is 0 Å². The molecule has 120 valence electrons. The van der Waals surface area contributed by atoms with Crippen molar-refractivity contribution in [1.29, 1.82) is 0 Å². The zero-order chi connectivity index (χ0) is 15.4. The smallest absolute Gasteiger partial charge is 0.306 e. The maximum absolute atomic E-state index is 11.9. The van der Waals surface area contributed by atoms with Crippen LogP contribution in [0.3, 0.4) is 0 Å². The lowest BCUT2D eigenvalue weighted by molar-refractivity contribution is -0.155. The lowest BCUT2D eigenvalue weighted by Crippen LogP contribution is -2.31. The molecular weight excluding hydrogens is 248 g/mol. The van der Waals surface area contributed by atoms with Crippen molar-refractivity contribution in [1.82, 2.24) is 0 Å². The van der Waals surface area contributed by atoms with Crippen molar-refractivity contribution >= 4 is 5.97 Å². The molecule has 0 aromatic heterocycles. The van der Waals surface area contributed by atoms with Gasteiger partial charge in [0.15, 0.2) is 0 Å². The molecule has 0 N–H and O–H groups in total. The molecule has 0 spiro atoms. The molecule has 0 aliphatic heterocycles. The standard InChI is InChI=1S/C18H36O2/c1-6-8-9-10-11-12-13-15-17(19)20-16(14-7-2)18(3,4)5/h16H,6-15H2,1-5H3. The summed E-state index contributed by atoms with van der Waals surface area (Å²) in [6.45, 7) is 10.8. The molecule has 0 saturated heterocycles. The summed E-state index contributed by atoms with van der Waals surface area (Å²) in [4.78, 5) is 11.9. The Kier molecular flexibility index (Phi) is 10.9. The maximum Gasteiger partial charge on any atom is 0.306 e. The molecule has 1 unspecified atom stereocenters. The molecular formula is C18H36O2. The number of rotatable bonds is 11. The van der Waals surface area contributed by atoms with Crippen LogP contribution in [0.25, 0.3) is 0 Å². The van der Waals surface area contributed by atoms with Gasteiger partial charge in [0.05, 0.1) is 0 Å². The van der Waals surface area contributed by atoms with Crippen LogP contribution in [0.2, 0.25) is 0 Å². The summed E-state index contributed by atoms with van der Waals surface area (Å²) >= 11 is 0. The van der Waals surface area contributed by atoms with Crippen LogP contribution < -0.4 is 0 Å². The van der Waals surface area contributed by atoms with Crippen LogP contribution in [0.5, 0.6) is 0 Å². The van der Waals surface area contributed by atoms with Crippen LogP contribution in [0, 0.1) is 5.41 Å². The van der Waals surface area contributed by atoms with Gasteiger partial charge in [-0.05, 0) is 18.3 Å². The van der Waals surface area contributed by atoms with Crippen molar-refractivity contribution in [2.24, 2.45) is 5.41 Å². The minimum Gasteiger partial charge on any atom is -0.462 e. The second kappa shape index (κ2) is 11.2. The van der Waals surface area contributed by atoms with Gasteiger partial charge in [0.25, 0.3) is 0 Å². The second-order valence-electron chi connectivity index (χ2n) is 7.00. The SMILES string of the molecule is CCCCCCCCCC(=O)OC(CCC)C(C)(C)C. The maximum atomic E-state index is 11.9. The van der Waals surface area contributed by atoms with Crippen LogP contribution in [0.15, 0.2) is 0 Å². The molecule has 0 aromatic rings. The molecule has 0 bridgehead atoms. The van der Waals surface area contributed by atoms with Gasteiger partial charge in [0.1, 0.15) is 6.10 Å². The van der Waals surface area contributed by atoms with Crippen LogP contribution in [0.4, 0.5) is 0 Å². The van der Waals surface area contributed by atoms with Gasteiger partial charge in [-0.1, -0.05) is 79.6 Å². The number of unbranched alkanes of at least 4 members (excludes halogenated alkanes) is 6. The lowest BCUT2D eigenvalue weighted by atomic mass is 9.86. The fourth-order valence-corrected chi connectivity index (χ4v) is 2.37. The van der Waals surface area contributed by atoms with Gasteiger partial charge >= 0.3 is 5.97 Å². The molecule has 0 fully saturated rings. The summed E-state index contributed by atoms with van der Waals surface area (Å²) in [7, 11) is 0. The van der Waals surface area contributed by atoms with E-state index in [0.29, 0.717) is 6.42 Å². The summed E-state index contributed by atoms with van der Waals surface area (Å²) in [5.74, 6) is -0.00747. The summed E-state index contributed by atoms with van der Waals surface area (Å²) < 4.78 is 5.66. The Labute approximate surface area is 126 Å². The Morgan fingerprint density at radius 2 is 1.45 bits per heavy atom. The summed E-state index contributed by atoms with van der Waals surface area (Å²) in [6, 6.07) is 0. The van der Waals surface area contributed by atoms with E-state index in [1.807, 2.05) is 0 Å². The number of carbonyl (C=O) groups is 1. The predicted octanol–water partition coefficient (Wildman–Crippen LogP) is 5.89. The first-order valence-corrected chi connectivity index (χ1v) is 8.61. The van der Waals surface area contributed by atoms with Crippen molar-refractivity contribution in [3.8, 4) is 0 Å². The minimum absolute atomic E-state index is 0.00747. The molecule has 0 saturated carbocycles. The Bertz CT molecular complexity index is 240. The molecule has 0 aliphatic carbocycles. The van der Waals surface area contributed by atoms with E-state index in [-0.39, 0.29) is 17.5 Å². The zero-order valence-corrected chi connectivity index (χ0v) is 14.5. The Balaban J connectivity index is 3.75. The van der Waals surface area contributed by atoms with Crippen molar-refractivity contribution in [2.75, 3.05) is 0 Å². The van der Waals surface area contributed by atoms with E-state index in [1.54, 1.807) is 0 Å². The van der Waals surface area contributed by atoms with Crippen molar-refractivity contribution in [3.05, 3.63) is 0 Å². The number of hydrogen-bond donors (Lipinski definition) is 0. The second-order valence-corrected chi connectivity index (χ2v) is 7.00. The van der Waals surface area contributed by atoms with E-state index >= 15 is 0 Å². The van der Waals surface area contributed by atoms with E-state index in [1.165, 1.54) is 32.1 Å². The highest BCUT2D eigenvalue weighted by Gasteiger charge is 2.27. The topological polar surface area (TPSA) is 26.3 Å². The number of carbonyl (C=O) groups excluding carboxylic acids is 1. The summed E-state index contributed by atoms with van der Waals surface area (Å²) in [6.07, 6.45) is 11.3. The molecule has 20 heavy (non-hydrogen) atoms. The van der Waals surface area contributed by atoms with Gasteiger partial charge in [-0.3, -0.25) is 4.79 Å². The predicted molar refractivity (Wildman–Crippen MR) is 86.9 cm³/mol. The fourth-order valence-electron chi connectivity index (χ4n) is 2.37. The highest BCUT2D eigenvalue weighted by atomic mass is 16.5. The lowest BCUT2D eigenvalue weighted by Gasteiger charge is -2.30. The first-order valence-electron chi connectivity index (χ1n) is 8.61. The molecule has 0 rings (SSSR count). The third-order valence-corrected chi connectivity index (χ3v) is 3.77. The number of ether oxygens (including phenoxy) is 1. The van der Waals surface area contributed by atoms with Crippen LogP contribution in [-0.2, 0) is 9.53 Å². The first kappa shape index (κ1) is 19.5. The van der Waals surface area contributed by atoms with Gasteiger partial charge in [-0.2, -0.15) is 0 Å². The van der Waals surface area contributed by atoms with Gasteiger partial charge in [-0.25, -0.2) is 0 Å². The monoisotopic (exact) mass is 284 g/mol. The Hall–Kier alpha value is -0.530. The first-order chi connectivity index (χ1) is 9.41. The molecule has 2 nitrogen and oxygen atoms in total. The van der Waals surface area contributed by atoms with E-state index in [4.69, 9.17) is 4.74 Å². The van der Waals surface area contributed by atoms with E-state index in [9.17, 15) is 4.79 Å². The summed E-state index contributed by atoms with van der Waals surface area (Å²) in [5.41, 5.74) is 0.0474. The van der Waals surface area contributed by atoms with Gasteiger partial charge in [0.2, 0.25) is 0 Å². The molecule has 0 heterocycles. The number of hydrogen-bond acceptors (Lipinski definition) is 2. The highest BCUT2D eigenvalue weighted by Crippen LogP contribution is 2.26. The Morgan fingerprint density at radius 1 is 0.900 bits per heavy atom. The van der Waals surface area contributed by atoms with Gasteiger partial charge in [-0.15, -0.1) is 0 Å². The van der Waals surface area contributed by atoms with Crippen LogP contribution in [0.1, 0.15) is 98.8 Å². The molecule has 0 aromatic carbocycles. The molecule has 1 atom stereocenters. The Morgan fingerprint density at radius 3 is 1.95 bits per heavy atom. The van der Waals surface area contributed by atoms with Gasteiger partial charge in [0, 0.05) is 6.42 Å². The third-order valence-electron chi connectivity index (χ3n) is 3.77. The van der Waals surface area contributed by atoms with Crippen LogP contribution in [-0.4, -0.2) is 12.1 Å². The van der Waals surface area contributed by atoms with E-state index in [2.05, 4.69) is 34.6 Å². The highest BCUT2D eigenvalue weighted by molar-refractivity contribution is 5.69. The molecule has 2 heteroatoms. The van der Waals surface area contributed by atoms with Gasteiger partial charge < -0.3 is 4.74 Å². The fraction of sp³-hybridized carbons (Fsp3) is 0.944. The summed E-state index contributed by atoms with van der Waals surface area (Å²) in [5, 5.41) is 0. The van der Waals surface area contributed by atoms with Crippen molar-refractivity contribution < 1.29 is 9.53 Å². The number of esters is 1. The van der Waals surface area contributed by atoms with Crippen molar-refractivity contribution in [2.45, 2.75) is 105 Å². The average molecular weight is 284 g/mol. The zero-order valence-electron chi connectivity index (χ0n) is 14.5. The quantitative estimate of drug-likeness (QED) is 0.349. The van der Waals surface area contributed by atoms with E-state index in [0.717, 1.165) is 25.7 Å². The largest absolute Gasteiger partial charge is 0.462 e. The van der Waals surface area contributed by atoms with Crippen LogP contribution >= 0.6 is 0 Å². The van der Waals surface area contributed by atoms with E-state index < -0.39 is 0 Å². The molecule has 0 radical (unpaired) electrons. The third kappa shape index (κ3) is 10.3. The minimum atomic E-state index is -0.00747. The average Bonchev–Trinajstić information content (AvgIpc) is 2.36. The molecule has 0 aliphatic rings.